The zero-order chi connectivity index (χ0) is 15.4. The Balaban J connectivity index is 1.57. The first-order chi connectivity index (χ1) is 10.7. The maximum Gasteiger partial charge on any atom is 0.344 e. The zero-order valence-electron chi connectivity index (χ0n) is 12.2. The van der Waals surface area contributed by atoms with E-state index in [0.717, 1.165) is 36.9 Å². The predicted molar refractivity (Wildman–Crippen MR) is 85.8 cm³/mol. The quantitative estimate of drug-likeness (QED) is 0.857. The number of thiazole rings is 1. The number of benzene rings is 1. The Morgan fingerprint density at radius 3 is 2.91 bits per heavy atom. The number of rotatable bonds is 5. The van der Waals surface area contributed by atoms with Crippen LogP contribution in [0.1, 0.15) is 25.7 Å². The van der Waals surface area contributed by atoms with E-state index in [1.165, 1.54) is 11.3 Å². The van der Waals surface area contributed by atoms with Crippen LogP contribution < -0.4 is 10.5 Å². The number of hydrogen-bond acceptors (Lipinski definition) is 6. The highest BCUT2D eigenvalue weighted by atomic mass is 32.1. The molecule has 0 aliphatic heterocycles. The molecule has 22 heavy (non-hydrogen) atoms. The number of esters is 1. The molecular formula is C16H18N2O3S. The van der Waals surface area contributed by atoms with Gasteiger partial charge in [0.25, 0.3) is 0 Å². The normalized spacial score (nSPS) is 14.9. The lowest BCUT2D eigenvalue weighted by molar-refractivity contribution is -0.151. The van der Waals surface area contributed by atoms with Crippen molar-refractivity contribution in [1.29, 1.82) is 0 Å². The molecule has 1 aliphatic carbocycles. The van der Waals surface area contributed by atoms with Crippen LogP contribution in [0.3, 0.4) is 0 Å². The number of carbonyl (C=O) groups excluding carboxylic acids is 1. The van der Waals surface area contributed by atoms with E-state index in [4.69, 9.17) is 15.2 Å². The monoisotopic (exact) mass is 318 g/mol. The summed E-state index contributed by atoms with van der Waals surface area (Å²) in [6.07, 6.45) is 4.27. The van der Waals surface area contributed by atoms with Crippen LogP contribution in [0.25, 0.3) is 11.3 Å². The van der Waals surface area contributed by atoms with Crippen LogP contribution in [0.5, 0.6) is 5.75 Å². The van der Waals surface area contributed by atoms with E-state index in [1.807, 2.05) is 29.6 Å². The van der Waals surface area contributed by atoms with Crippen LogP contribution in [0.15, 0.2) is 29.6 Å². The number of anilines is 1. The molecule has 0 atom stereocenters. The molecule has 0 unspecified atom stereocenters. The number of carbonyl (C=O) groups is 1. The van der Waals surface area contributed by atoms with Crippen molar-refractivity contribution >= 4 is 22.4 Å². The Morgan fingerprint density at radius 2 is 2.18 bits per heavy atom. The van der Waals surface area contributed by atoms with E-state index in [-0.39, 0.29) is 18.7 Å². The van der Waals surface area contributed by atoms with Gasteiger partial charge in [-0.25, -0.2) is 9.78 Å². The van der Waals surface area contributed by atoms with Crippen LogP contribution in [0, 0.1) is 0 Å². The summed E-state index contributed by atoms with van der Waals surface area (Å²) in [5, 5.41) is 2.42. The minimum atomic E-state index is -0.310. The summed E-state index contributed by atoms with van der Waals surface area (Å²) in [5.41, 5.74) is 7.36. The first kappa shape index (κ1) is 14.8. The molecule has 1 fully saturated rings. The van der Waals surface area contributed by atoms with Gasteiger partial charge in [0, 0.05) is 10.9 Å². The van der Waals surface area contributed by atoms with Gasteiger partial charge in [-0.15, -0.1) is 11.3 Å². The highest BCUT2D eigenvalue weighted by molar-refractivity contribution is 7.13. The molecule has 0 bridgehead atoms. The third-order valence-corrected chi connectivity index (χ3v) is 4.28. The first-order valence-electron chi connectivity index (χ1n) is 7.34. The number of ether oxygens (including phenoxy) is 2. The minimum Gasteiger partial charge on any atom is -0.482 e. The Bertz CT molecular complexity index is 650. The molecule has 6 heteroatoms. The van der Waals surface area contributed by atoms with E-state index >= 15 is 0 Å². The number of nitrogens with two attached hydrogens (primary N) is 1. The lowest BCUT2D eigenvalue weighted by Gasteiger charge is -2.12. The Hall–Kier alpha value is -2.08. The molecule has 2 N–H and O–H groups in total. The van der Waals surface area contributed by atoms with E-state index in [1.54, 1.807) is 0 Å². The second-order valence-corrected chi connectivity index (χ2v) is 6.17. The van der Waals surface area contributed by atoms with Crippen LogP contribution in [-0.2, 0) is 9.53 Å². The van der Waals surface area contributed by atoms with Gasteiger partial charge in [-0.05, 0) is 37.8 Å². The van der Waals surface area contributed by atoms with Crippen molar-refractivity contribution in [1.82, 2.24) is 4.98 Å². The SMILES string of the molecule is Nc1nc(-c2cccc(OCC(=O)OC3CCCC3)c2)cs1. The third-order valence-electron chi connectivity index (χ3n) is 3.61. The average molecular weight is 318 g/mol. The molecule has 1 aliphatic rings. The van der Waals surface area contributed by atoms with Gasteiger partial charge in [-0.2, -0.15) is 0 Å². The molecule has 1 aromatic carbocycles. The standard InChI is InChI=1S/C16H18N2O3S/c17-16-18-14(10-22-16)11-4-3-7-13(8-11)20-9-15(19)21-12-5-1-2-6-12/h3-4,7-8,10,12H,1-2,5-6,9H2,(H2,17,18). The Morgan fingerprint density at radius 1 is 1.36 bits per heavy atom. The minimum absolute atomic E-state index is 0.0698. The Labute approximate surface area is 133 Å². The van der Waals surface area contributed by atoms with Crippen LogP contribution in [0.4, 0.5) is 5.13 Å². The van der Waals surface area contributed by atoms with Crippen LogP contribution >= 0.6 is 11.3 Å². The molecule has 1 heterocycles. The summed E-state index contributed by atoms with van der Waals surface area (Å²) in [6.45, 7) is -0.0703. The molecular weight excluding hydrogens is 300 g/mol. The maximum atomic E-state index is 11.8. The molecule has 1 saturated carbocycles. The molecule has 116 valence electrons. The van der Waals surface area contributed by atoms with Gasteiger partial charge in [0.15, 0.2) is 11.7 Å². The van der Waals surface area contributed by atoms with Crippen molar-refractivity contribution in [2.24, 2.45) is 0 Å². The van der Waals surface area contributed by atoms with Gasteiger partial charge in [0.05, 0.1) is 5.69 Å². The van der Waals surface area contributed by atoms with Gasteiger partial charge in [0.1, 0.15) is 11.9 Å². The number of nitrogens with zero attached hydrogens (tertiary/aromatic N) is 1. The van der Waals surface area contributed by atoms with Crippen LogP contribution in [0.2, 0.25) is 0 Å². The average Bonchev–Trinajstić information content (AvgIpc) is 3.17. The summed E-state index contributed by atoms with van der Waals surface area (Å²) in [4.78, 5) is 16.0. The van der Waals surface area contributed by atoms with Gasteiger partial charge in [-0.1, -0.05) is 12.1 Å². The topological polar surface area (TPSA) is 74.4 Å². The molecule has 5 nitrogen and oxygen atoms in total. The molecule has 0 spiro atoms. The lowest BCUT2D eigenvalue weighted by Crippen LogP contribution is -2.20. The van der Waals surface area contributed by atoms with Crippen molar-refractivity contribution in [3.63, 3.8) is 0 Å². The summed E-state index contributed by atoms with van der Waals surface area (Å²) >= 11 is 1.39. The summed E-state index contributed by atoms with van der Waals surface area (Å²) < 4.78 is 10.9. The van der Waals surface area contributed by atoms with E-state index in [0.29, 0.717) is 10.9 Å². The first-order valence-corrected chi connectivity index (χ1v) is 8.22. The second kappa shape index (κ2) is 6.79. The fourth-order valence-electron chi connectivity index (χ4n) is 2.53. The summed E-state index contributed by atoms with van der Waals surface area (Å²) in [6, 6.07) is 7.44. The molecule has 0 saturated heterocycles. The molecule has 3 rings (SSSR count). The second-order valence-electron chi connectivity index (χ2n) is 5.28. The lowest BCUT2D eigenvalue weighted by atomic mass is 10.2. The zero-order valence-corrected chi connectivity index (χ0v) is 13.0. The fraction of sp³-hybridized carbons (Fsp3) is 0.375. The fourth-order valence-corrected chi connectivity index (χ4v) is 3.11. The van der Waals surface area contributed by atoms with Gasteiger partial charge in [-0.3, -0.25) is 0 Å². The summed E-state index contributed by atoms with van der Waals surface area (Å²) in [7, 11) is 0. The smallest absolute Gasteiger partial charge is 0.344 e. The van der Waals surface area contributed by atoms with Crippen molar-refractivity contribution in [3.05, 3.63) is 29.6 Å². The highest BCUT2D eigenvalue weighted by Crippen LogP contribution is 2.26. The van der Waals surface area contributed by atoms with E-state index < -0.39 is 0 Å². The third kappa shape index (κ3) is 3.76. The molecule has 0 radical (unpaired) electrons. The van der Waals surface area contributed by atoms with Gasteiger partial charge >= 0.3 is 5.97 Å². The predicted octanol–water partition coefficient (Wildman–Crippen LogP) is 3.26. The van der Waals surface area contributed by atoms with Crippen molar-refractivity contribution in [2.45, 2.75) is 31.8 Å². The molecule has 0 amide bonds. The highest BCUT2D eigenvalue weighted by Gasteiger charge is 2.19. The Kier molecular flexibility index (Phi) is 4.58. The van der Waals surface area contributed by atoms with Crippen molar-refractivity contribution in [2.75, 3.05) is 12.3 Å². The van der Waals surface area contributed by atoms with Crippen LogP contribution in [-0.4, -0.2) is 23.7 Å². The maximum absolute atomic E-state index is 11.8. The summed E-state index contributed by atoms with van der Waals surface area (Å²) in [5.74, 6) is 0.308. The number of nitrogen functional groups attached to an aromatic ring is 1. The number of aromatic nitrogens is 1. The van der Waals surface area contributed by atoms with Crippen molar-refractivity contribution in [3.8, 4) is 17.0 Å². The van der Waals surface area contributed by atoms with E-state index in [9.17, 15) is 4.79 Å². The molecule has 2 aromatic rings. The number of hydrogen-bond donors (Lipinski definition) is 1. The molecule has 1 aromatic heterocycles. The van der Waals surface area contributed by atoms with E-state index in [2.05, 4.69) is 4.98 Å². The largest absolute Gasteiger partial charge is 0.482 e. The van der Waals surface area contributed by atoms with Crippen molar-refractivity contribution < 1.29 is 14.3 Å². The van der Waals surface area contributed by atoms with Gasteiger partial charge < -0.3 is 15.2 Å². The van der Waals surface area contributed by atoms with Gasteiger partial charge in [0.2, 0.25) is 0 Å².